The van der Waals surface area contributed by atoms with E-state index >= 15 is 0 Å². The Hall–Kier alpha value is -1.88. The molecule has 0 aliphatic heterocycles. The highest BCUT2D eigenvalue weighted by atomic mass is 16.5. The van der Waals surface area contributed by atoms with Crippen LogP contribution in [-0.2, 0) is 20.7 Å². The molecule has 122 valence electrons. The molecule has 0 bridgehead atoms. The molecule has 5 heteroatoms. The van der Waals surface area contributed by atoms with Crippen LogP contribution in [0.15, 0.2) is 24.3 Å². The molecule has 1 rings (SSSR count). The topological polar surface area (TPSA) is 75.6 Å². The van der Waals surface area contributed by atoms with Gasteiger partial charge in [0, 0.05) is 25.1 Å². The van der Waals surface area contributed by atoms with Crippen molar-refractivity contribution in [2.75, 3.05) is 19.0 Å². The smallest absolute Gasteiger partial charge is 0.305 e. The van der Waals surface area contributed by atoms with Gasteiger partial charge in [0.05, 0.1) is 7.11 Å². The third-order valence-corrected chi connectivity index (χ3v) is 3.40. The van der Waals surface area contributed by atoms with Crippen LogP contribution in [0.1, 0.15) is 44.1 Å². The second-order valence-electron chi connectivity index (χ2n) is 5.21. The molecule has 0 spiro atoms. The molecule has 1 aromatic rings. The summed E-state index contributed by atoms with van der Waals surface area (Å²) in [7, 11) is 1.39. The van der Waals surface area contributed by atoms with Gasteiger partial charge in [-0.25, -0.2) is 0 Å². The van der Waals surface area contributed by atoms with Crippen molar-refractivity contribution in [1.82, 2.24) is 0 Å². The molecule has 0 heterocycles. The molecule has 0 saturated heterocycles. The fraction of sp³-hybridized carbons (Fsp3) is 0.529. The Morgan fingerprint density at radius 3 is 2.27 bits per heavy atom. The lowest BCUT2D eigenvalue weighted by molar-refractivity contribution is -0.140. The van der Waals surface area contributed by atoms with E-state index in [9.17, 15) is 9.59 Å². The Morgan fingerprint density at radius 1 is 1.05 bits per heavy atom. The average molecular weight is 307 g/mol. The second kappa shape index (κ2) is 10.8. The minimum absolute atomic E-state index is 0.00266. The summed E-state index contributed by atoms with van der Waals surface area (Å²) in [6.45, 7) is 0.127. The molecule has 0 radical (unpaired) electrons. The number of methoxy groups -OCH3 is 1. The van der Waals surface area contributed by atoms with E-state index < -0.39 is 0 Å². The van der Waals surface area contributed by atoms with Gasteiger partial charge < -0.3 is 15.2 Å². The first-order valence-corrected chi connectivity index (χ1v) is 7.72. The molecule has 22 heavy (non-hydrogen) atoms. The third-order valence-electron chi connectivity index (χ3n) is 3.40. The molecule has 0 atom stereocenters. The number of aliphatic hydroxyl groups is 1. The van der Waals surface area contributed by atoms with E-state index in [4.69, 9.17) is 5.11 Å². The van der Waals surface area contributed by atoms with E-state index in [1.165, 1.54) is 7.11 Å². The standard InChI is InChI=1S/C17H25NO4/c1-22-17(21)7-5-3-2-4-6-16(20)18-15-10-8-14(9-11-15)12-13-19/h8-11,19H,2-7,12-13H2,1H3,(H,18,20). The molecule has 0 aliphatic carbocycles. The zero-order valence-corrected chi connectivity index (χ0v) is 13.1. The second-order valence-corrected chi connectivity index (χ2v) is 5.21. The lowest BCUT2D eigenvalue weighted by atomic mass is 10.1. The van der Waals surface area contributed by atoms with Crippen LogP contribution < -0.4 is 5.32 Å². The number of esters is 1. The molecule has 0 aromatic heterocycles. The Bertz CT molecular complexity index is 456. The van der Waals surface area contributed by atoms with E-state index in [0.29, 0.717) is 19.3 Å². The van der Waals surface area contributed by atoms with E-state index in [1.807, 2.05) is 24.3 Å². The van der Waals surface area contributed by atoms with Gasteiger partial charge in [-0.2, -0.15) is 0 Å². The Morgan fingerprint density at radius 2 is 1.68 bits per heavy atom. The van der Waals surface area contributed by atoms with Crippen LogP contribution in [0.3, 0.4) is 0 Å². The number of benzene rings is 1. The van der Waals surface area contributed by atoms with Crippen LogP contribution in [0.2, 0.25) is 0 Å². The largest absolute Gasteiger partial charge is 0.469 e. The number of rotatable bonds is 10. The van der Waals surface area contributed by atoms with Crippen LogP contribution in [0, 0.1) is 0 Å². The number of amides is 1. The van der Waals surface area contributed by atoms with Gasteiger partial charge >= 0.3 is 5.97 Å². The summed E-state index contributed by atoms with van der Waals surface area (Å²) in [5.74, 6) is -0.176. The average Bonchev–Trinajstić information content (AvgIpc) is 2.52. The molecular formula is C17H25NO4. The first-order chi connectivity index (χ1) is 10.7. The zero-order valence-electron chi connectivity index (χ0n) is 13.1. The molecule has 0 unspecified atom stereocenters. The SMILES string of the molecule is COC(=O)CCCCCCC(=O)Nc1ccc(CCO)cc1. The molecule has 2 N–H and O–H groups in total. The summed E-state index contributed by atoms with van der Waals surface area (Å²) >= 11 is 0. The number of carbonyl (C=O) groups excluding carboxylic acids is 2. The molecule has 1 aromatic carbocycles. The van der Waals surface area contributed by atoms with Gasteiger partial charge in [0.1, 0.15) is 0 Å². The van der Waals surface area contributed by atoms with Crippen LogP contribution >= 0.6 is 0 Å². The summed E-state index contributed by atoms with van der Waals surface area (Å²) in [6.07, 6.45) is 5.04. The van der Waals surface area contributed by atoms with E-state index in [-0.39, 0.29) is 18.5 Å². The number of hydrogen-bond acceptors (Lipinski definition) is 4. The van der Waals surface area contributed by atoms with Crippen molar-refractivity contribution in [2.24, 2.45) is 0 Å². The summed E-state index contributed by atoms with van der Waals surface area (Å²) in [5, 5.41) is 11.7. The summed E-state index contributed by atoms with van der Waals surface area (Å²) in [6, 6.07) is 7.50. The van der Waals surface area contributed by atoms with Crippen molar-refractivity contribution >= 4 is 17.6 Å². The van der Waals surface area contributed by atoms with Crippen molar-refractivity contribution in [3.8, 4) is 0 Å². The molecule has 0 fully saturated rings. The maximum atomic E-state index is 11.8. The lowest BCUT2D eigenvalue weighted by Crippen LogP contribution is -2.11. The summed E-state index contributed by atoms with van der Waals surface area (Å²) in [5.41, 5.74) is 1.82. The van der Waals surface area contributed by atoms with Crippen LogP contribution in [0.25, 0.3) is 0 Å². The summed E-state index contributed by atoms with van der Waals surface area (Å²) in [4.78, 5) is 22.7. The predicted octanol–water partition coefficient (Wildman–Crippen LogP) is 2.67. The Kier molecular flexibility index (Phi) is 8.91. The first-order valence-electron chi connectivity index (χ1n) is 7.72. The fourth-order valence-corrected chi connectivity index (χ4v) is 2.12. The predicted molar refractivity (Wildman–Crippen MR) is 85.6 cm³/mol. The van der Waals surface area contributed by atoms with Crippen LogP contribution in [0.5, 0.6) is 0 Å². The number of ether oxygens (including phenoxy) is 1. The van der Waals surface area contributed by atoms with Gasteiger partial charge in [-0.15, -0.1) is 0 Å². The van der Waals surface area contributed by atoms with Gasteiger partial charge in [0.15, 0.2) is 0 Å². The van der Waals surface area contributed by atoms with Crippen LogP contribution in [-0.4, -0.2) is 30.7 Å². The molecule has 1 amide bonds. The van der Waals surface area contributed by atoms with Crippen molar-refractivity contribution in [1.29, 1.82) is 0 Å². The molecule has 0 aliphatic rings. The third kappa shape index (κ3) is 7.78. The van der Waals surface area contributed by atoms with Gasteiger partial charge in [-0.05, 0) is 37.0 Å². The number of aliphatic hydroxyl groups excluding tert-OH is 1. The van der Waals surface area contributed by atoms with E-state index in [1.54, 1.807) is 0 Å². The van der Waals surface area contributed by atoms with Crippen molar-refractivity contribution in [3.63, 3.8) is 0 Å². The Balaban J connectivity index is 2.14. The minimum atomic E-state index is -0.178. The number of hydrogen-bond donors (Lipinski definition) is 2. The van der Waals surface area contributed by atoms with E-state index in [2.05, 4.69) is 10.1 Å². The van der Waals surface area contributed by atoms with Crippen molar-refractivity contribution in [3.05, 3.63) is 29.8 Å². The highest BCUT2D eigenvalue weighted by Crippen LogP contribution is 2.12. The number of unbranched alkanes of at least 4 members (excludes halogenated alkanes) is 3. The van der Waals surface area contributed by atoms with E-state index in [0.717, 1.165) is 36.9 Å². The summed E-state index contributed by atoms with van der Waals surface area (Å²) < 4.78 is 4.57. The Labute approximate surface area is 131 Å². The van der Waals surface area contributed by atoms with Gasteiger partial charge in [-0.1, -0.05) is 25.0 Å². The molecule has 0 saturated carbocycles. The number of nitrogens with one attached hydrogen (secondary N) is 1. The maximum absolute atomic E-state index is 11.8. The quantitative estimate of drug-likeness (QED) is 0.515. The van der Waals surface area contributed by atoms with Crippen molar-refractivity contribution in [2.45, 2.75) is 44.9 Å². The zero-order chi connectivity index (χ0) is 16.2. The minimum Gasteiger partial charge on any atom is -0.469 e. The monoisotopic (exact) mass is 307 g/mol. The van der Waals surface area contributed by atoms with Gasteiger partial charge in [0.25, 0.3) is 0 Å². The van der Waals surface area contributed by atoms with Gasteiger partial charge in [0.2, 0.25) is 5.91 Å². The fourth-order valence-electron chi connectivity index (χ4n) is 2.12. The number of carbonyl (C=O) groups is 2. The van der Waals surface area contributed by atoms with Gasteiger partial charge in [-0.3, -0.25) is 9.59 Å². The highest BCUT2D eigenvalue weighted by Gasteiger charge is 2.03. The lowest BCUT2D eigenvalue weighted by Gasteiger charge is -2.06. The maximum Gasteiger partial charge on any atom is 0.305 e. The molecule has 5 nitrogen and oxygen atoms in total. The highest BCUT2D eigenvalue weighted by molar-refractivity contribution is 5.90. The van der Waals surface area contributed by atoms with Crippen LogP contribution in [0.4, 0.5) is 5.69 Å². The first kappa shape index (κ1) is 18.2. The number of anilines is 1. The van der Waals surface area contributed by atoms with Crippen molar-refractivity contribution < 1.29 is 19.4 Å². The normalized spacial score (nSPS) is 10.3. The molecular weight excluding hydrogens is 282 g/mol.